The average Bonchev–Trinajstić information content (AvgIpc) is 2.59. The number of ether oxygens (including phenoxy) is 1. The normalized spacial score (nSPS) is 15.8. The maximum absolute atomic E-state index is 4.99. The van der Waals surface area contributed by atoms with E-state index in [0.717, 1.165) is 5.82 Å². The molecule has 0 fully saturated rings. The van der Waals surface area contributed by atoms with Crippen LogP contribution in [0.4, 0.5) is 5.82 Å². The molecule has 1 aromatic rings. The molecule has 0 radical (unpaired) electrons. The number of hydrogen-bond acceptors (Lipinski definition) is 4. The Bertz CT molecular complexity index is 232. The molecular weight excluding hydrogens is 148 g/mol. The molecule has 0 bridgehead atoms. The number of thiazole rings is 1. The fraction of sp³-hybridized carbons (Fsp3) is 0.167. The molecule has 1 aliphatic heterocycles. The first-order valence-electron chi connectivity index (χ1n) is 2.90. The van der Waals surface area contributed by atoms with Gasteiger partial charge in [0, 0.05) is 11.6 Å². The van der Waals surface area contributed by atoms with Crippen LogP contribution in [-0.4, -0.2) is 11.7 Å². The Labute approximate surface area is 62.6 Å². The molecule has 4 heteroatoms. The number of rotatable bonds is 1. The van der Waals surface area contributed by atoms with Gasteiger partial charge in [0.05, 0.1) is 5.51 Å². The van der Waals surface area contributed by atoms with Gasteiger partial charge in [-0.2, -0.15) is 0 Å². The zero-order valence-corrected chi connectivity index (χ0v) is 6.04. The highest BCUT2D eigenvalue weighted by Gasteiger charge is 2.07. The van der Waals surface area contributed by atoms with E-state index >= 15 is 0 Å². The summed E-state index contributed by atoms with van der Waals surface area (Å²) in [7, 11) is 0. The summed E-state index contributed by atoms with van der Waals surface area (Å²) in [5.41, 5.74) is 1.81. The highest BCUT2D eigenvalue weighted by atomic mass is 32.1. The molecule has 2 heterocycles. The van der Waals surface area contributed by atoms with Crippen LogP contribution in [0.5, 0.6) is 0 Å². The standard InChI is InChI=1S/C6H6N2OS/c1-2-9-5-8(1)6-3-10-4-7-6/h1-4H,5H2. The predicted octanol–water partition coefficient (Wildman–Crippen LogP) is 1.41. The molecule has 2 rings (SSSR count). The molecule has 10 heavy (non-hydrogen) atoms. The minimum atomic E-state index is 0.587. The van der Waals surface area contributed by atoms with Gasteiger partial charge in [-0.1, -0.05) is 0 Å². The Morgan fingerprint density at radius 2 is 2.70 bits per heavy atom. The molecular formula is C6H6N2OS. The SMILES string of the molecule is C1=CN(c2cscn2)CO1. The Morgan fingerprint density at radius 1 is 1.70 bits per heavy atom. The molecule has 52 valence electrons. The van der Waals surface area contributed by atoms with E-state index < -0.39 is 0 Å². The van der Waals surface area contributed by atoms with Crippen LogP contribution in [0.25, 0.3) is 0 Å². The minimum Gasteiger partial charge on any atom is -0.479 e. The van der Waals surface area contributed by atoms with Gasteiger partial charge in [-0.15, -0.1) is 11.3 Å². The minimum absolute atomic E-state index is 0.587. The third-order valence-electron chi connectivity index (χ3n) is 1.26. The molecule has 1 aliphatic rings. The van der Waals surface area contributed by atoms with Crippen LogP contribution in [0.1, 0.15) is 0 Å². The van der Waals surface area contributed by atoms with Gasteiger partial charge in [-0.05, 0) is 0 Å². The van der Waals surface area contributed by atoms with E-state index in [9.17, 15) is 0 Å². The zero-order valence-electron chi connectivity index (χ0n) is 5.23. The van der Waals surface area contributed by atoms with Crippen LogP contribution in [0.2, 0.25) is 0 Å². The van der Waals surface area contributed by atoms with Crippen molar-refractivity contribution in [1.82, 2.24) is 4.98 Å². The van der Waals surface area contributed by atoms with Crippen molar-refractivity contribution in [2.75, 3.05) is 11.6 Å². The largest absolute Gasteiger partial charge is 0.479 e. The van der Waals surface area contributed by atoms with Crippen molar-refractivity contribution in [3.63, 3.8) is 0 Å². The summed E-state index contributed by atoms with van der Waals surface area (Å²) >= 11 is 1.58. The first kappa shape index (κ1) is 5.73. The number of aromatic nitrogens is 1. The van der Waals surface area contributed by atoms with E-state index in [1.54, 1.807) is 17.6 Å². The van der Waals surface area contributed by atoms with E-state index in [4.69, 9.17) is 4.74 Å². The molecule has 3 nitrogen and oxygen atoms in total. The van der Waals surface area contributed by atoms with Gasteiger partial charge in [-0.25, -0.2) is 4.98 Å². The second-order valence-electron chi connectivity index (χ2n) is 1.90. The van der Waals surface area contributed by atoms with Crippen molar-refractivity contribution in [2.24, 2.45) is 0 Å². The van der Waals surface area contributed by atoms with Crippen LogP contribution in [0.15, 0.2) is 23.4 Å². The van der Waals surface area contributed by atoms with Gasteiger partial charge in [-0.3, -0.25) is 4.90 Å². The maximum Gasteiger partial charge on any atom is 0.165 e. The number of anilines is 1. The third kappa shape index (κ3) is 0.863. The summed E-state index contributed by atoms with van der Waals surface area (Å²) in [5.74, 6) is 0.957. The van der Waals surface area contributed by atoms with Gasteiger partial charge >= 0.3 is 0 Å². The molecule has 0 saturated carbocycles. The average molecular weight is 154 g/mol. The molecule has 0 unspecified atom stereocenters. The fourth-order valence-corrected chi connectivity index (χ4v) is 1.32. The molecule has 0 saturated heterocycles. The number of nitrogens with zero attached hydrogens (tertiary/aromatic N) is 2. The van der Waals surface area contributed by atoms with Crippen LogP contribution in [0.3, 0.4) is 0 Å². The summed E-state index contributed by atoms with van der Waals surface area (Å²) in [6.45, 7) is 0.587. The van der Waals surface area contributed by atoms with Crippen molar-refractivity contribution < 1.29 is 4.74 Å². The first-order valence-corrected chi connectivity index (χ1v) is 3.84. The van der Waals surface area contributed by atoms with E-state index in [1.807, 2.05) is 22.0 Å². The topological polar surface area (TPSA) is 25.4 Å². The lowest BCUT2D eigenvalue weighted by molar-refractivity contribution is 0.281. The molecule has 0 aliphatic carbocycles. The second kappa shape index (κ2) is 2.30. The Hall–Kier alpha value is -1.03. The lowest BCUT2D eigenvalue weighted by Crippen LogP contribution is -2.12. The summed E-state index contributed by atoms with van der Waals surface area (Å²) < 4.78 is 4.99. The van der Waals surface area contributed by atoms with Gasteiger partial charge < -0.3 is 4.74 Å². The highest BCUT2D eigenvalue weighted by molar-refractivity contribution is 7.07. The fourth-order valence-electron chi connectivity index (χ4n) is 0.773. The van der Waals surface area contributed by atoms with Crippen molar-refractivity contribution >= 4 is 17.2 Å². The first-order chi connectivity index (χ1) is 4.97. The summed E-state index contributed by atoms with van der Waals surface area (Å²) in [5, 5.41) is 1.99. The zero-order chi connectivity index (χ0) is 6.81. The van der Waals surface area contributed by atoms with E-state index in [2.05, 4.69) is 4.98 Å². The summed E-state index contributed by atoms with van der Waals surface area (Å²) in [4.78, 5) is 6.05. The monoisotopic (exact) mass is 154 g/mol. The Kier molecular flexibility index (Phi) is 1.32. The molecule has 1 aromatic heterocycles. The van der Waals surface area contributed by atoms with E-state index in [1.165, 1.54) is 0 Å². The second-order valence-corrected chi connectivity index (χ2v) is 2.62. The summed E-state index contributed by atoms with van der Waals surface area (Å²) in [6.07, 6.45) is 3.54. The molecule has 0 aromatic carbocycles. The predicted molar refractivity (Wildman–Crippen MR) is 39.7 cm³/mol. The summed E-state index contributed by atoms with van der Waals surface area (Å²) in [6, 6.07) is 0. The molecule has 0 atom stereocenters. The van der Waals surface area contributed by atoms with Gasteiger partial charge in [0.1, 0.15) is 12.1 Å². The number of hydrogen-bond donors (Lipinski definition) is 0. The molecule has 0 N–H and O–H groups in total. The Morgan fingerprint density at radius 3 is 3.30 bits per heavy atom. The van der Waals surface area contributed by atoms with Gasteiger partial charge in [0.2, 0.25) is 0 Å². The van der Waals surface area contributed by atoms with Crippen molar-refractivity contribution in [3.8, 4) is 0 Å². The maximum atomic E-state index is 4.99. The highest BCUT2D eigenvalue weighted by Crippen LogP contribution is 2.16. The lowest BCUT2D eigenvalue weighted by Gasteiger charge is -2.08. The van der Waals surface area contributed by atoms with Crippen molar-refractivity contribution in [1.29, 1.82) is 0 Å². The molecule has 0 spiro atoms. The van der Waals surface area contributed by atoms with Crippen molar-refractivity contribution in [3.05, 3.63) is 23.4 Å². The smallest absolute Gasteiger partial charge is 0.165 e. The Balaban J connectivity index is 2.20. The van der Waals surface area contributed by atoms with E-state index in [0.29, 0.717) is 6.73 Å². The van der Waals surface area contributed by atoms with E-state index in [-0.39, 0.29) is 0 Å². The van der Waals surface area contributed by atoms with Gasteiger partial charge in [0.15, 0.2) is 6.73 Å². The van der Waals surface area contributed by atoms with Crippen molar-refractivity contribution in [2.45, 2.75) is 0 Å². The van der Waals surface area contributed by atoms with Crippen LogP contribution in [-0.2, 0) is 4.74 Å². The lowest BCUT2D eigenvalue weighted by atomic mass is 10.7. The molecule has 0 amide bonds. The quantitative estimate of drug-likeness (QED) is 0.611. The van der Waals surface area contributed by atoms with Crippen LogP contribution < -0.4 is 4.90 Å². The third-order valence-corrected chi connectivity index (χ3v) is 1.84. The van der Waals surface area contributed by atoms with Crippen LogP contribution >= 0.6 is 11.3 Å². The van der Waals surface area contributed by atoms with Crippen LogP contribution in [0, 0.1) is 0 Å². The van der Waals surface area contributed by atoms with Gasteiger partial charge in [0.25, 0.3) is 0 Å².